The van der Waals surface area contributed by atoms with Crippen LogP contribution >= 0.6 is 0 Å². The Bertz CT molecular complexity index is 501. The molecular formula is C15H16O4. The van der Waals surface area contributed by atoms with Gasteiger partial charge in [0.1, 0.15) is 5.75 Å². The van der Waals surface area contributed by atoms with E-state index in [1.165, 1.54) is 13.2 Å². The van der Waals surface area contributed by atoms with E-state index in [4.69, 9.17) is 9.47 Å². The third-order valence-corrected chi connectivity index (χ3v) is 2.27. The van der Waals surface area contributed by atoms with Crippen molar-refractivity contribution in [3.05, 3.63) is 54.1 Å². The summed E-state index contributed by atoms with van der Waals surface area (Å²) in [5.41, 5.74) is 0.449. The lowest BCUT2D eigenvalue weighted by Gasteiger charge is -2.04. The van der Waals surface area contributed by atoms with Crippen molar-refractivity contribution < 1.29 is 19.1 Å². The topological polar surface area (TPSA) is 52.6 Å². The number of esters is 1. The average Bonchev–Trinajstić information content (AvgIpc) is 2.45. The molecule has 100 valence electrons. The van der Waals surface area contributed by atoms with Crippen molar-refractivity contribution in [1.29, 1.82) is 0 Å². The third kappa shape index (κ3) is 5.21. The van der Waals surface area contributed by atoms with Gasteiger partial charge < -0.3 is 9.47 Å². The zero-order valence-electron chi connectivity index (χ0n) is 11.0. The van der Waals surface area contributed by atoms with Gasteiger partial charge in [0.05, 0.1) is 7.11 Å². The van der Waals surface area contributed by atoms with Crippen LogP contribution in [-0.4, -0.2) is 25.5 Å². The summed E-state index contributed by atoms with van der Waals surface area (Å²) in [5, 5.41) is 0. The molecule has 0 saturated heterocycles. The summed E-state index contributed by atoms with van der Waals surface area (Å²) in [6.45, 7) is 1.55. The van der Waals surface area contributed by atoms with Gasteiger partial charge in [-0.1, -0.05) is 30.4 Å². The van der Waals surface area contributed by atoms with Gasteiger partial charge in [-0.05, 0) is 19.1 Å². The Morgan fingerprint density at radius 3 is 2.74 bits per heavy atom. The van der Waals surface area contributed by atoms with Crippen molar-refractivity contribution in [2.75, 3.05) is 13.7 Å². The van der Waals surface area contributed by atoms with Gasteiger partial charge in [-0.25, -0.2) is 4.79 Å². The Balaban J connectivity index is 2.53. The number of Topliss-reactive ketones (excluding diaryl/α,β-unsaturated/α-hetero) is 1. The van der Waals surface area contributed by atoms with Gasteiger partial charge in [0.15, 0.2) is 12.4 Å². The Hall–Kier alpha value is -2.36. The molecule has 0 aliphatic heterocycles. The van der Waals surface area contributed by atoms with Crippen LogP contribution in [0.1, 0.15) is 17.3 Å². The van der Waals surface area contributed by atoms with Gasteiger partial charge in [-0.3, -0.25) is 4.79 Å². The highest BCUT2D eigenvalue weighted by molar-refractivity contribution is 5.98. The van der Waals surface area contributed by atoms with Crippen LogP contribution in [-0.2, 0) is 9.53 Å². The largest absolute Gasteiger partial charge is 0.497 e. The molecule has 4 nitrogen and oxygen atoms in total. The van der Waals surface area contributed by atoms with Crippen LogP contribution in [0.3, 0.4) is 0 Å². The third-order valence-electron chi connectivity index (χ3n) is 2.27. The summed E-state index contributed by atoms with van der Waals surface area (Å²) in [6.07, 6.45) is 6.30. The molecule has 0 fully saturated rings. The minimum atomic E-state index is -0.547. The first-order valence-corrected chi connectivity index (χ1v) is 5.80. The number of ether oxygens (including phenoxy) is 2. The first-order chi connectivity index (χ1) is 9.17. The van der Waals surface area contributed by atoms with Crippen molar-refractivity contribution in [2.24, 2.45) is 0 Å². The van der Waals surface area contributed by atoms with E-state index < -0.39 is 5.97 Å². The van der Waals surface area contributed by atoms with Gasteiger partial charge in [-0.2, -0.15) is 0 Å². The van der Waals surface area contributed by atoms with E-state index in [0.717, 1.165) is 0 Å². The highest BCUT2D eigenvalue weighted by Crippen LogP contribution is 2.13. The molecule has 4 heteroatoms. The molecule has 0 amide bonds. The quantitative estimate of drug-likeness (QED) is 0.341. The van der Waals surface area contributed by atoms with Crippen LogP contribution in [0.15, 0.2) is 48.6 Å². The Morgan fingerprint density at radius 1 is 1.26 bits per heavy atom. The van der Waals surface area contributed by atoms with Crippen LogP contribution in [0.5, 0.6) is 5.75 Å². The molecule has 0 saturated carbocycles. The van der Waals surface area contributed by atoms with E-state index in [0.29, 0.717) is 11.3 Å². The monoisotopic (exact) mass is 260 g/mol. The molecule has 0 radical (unpaired) electrons. The fourth-order valence-electron chi connectivity index (χ4n) is 1.31. The van der Waals surface area contributed by atoms with E-state index in [1.807, 2.05) is 6.92 Å². The van der Waals surface area contributed by atoms with Crippen molar-refractivity contribution >= 4 is 11.8 Å². The molecule has 19 heavy (non-hydrogen) atoms. The SMILES string of the molecule is CC=CC=CC(=O)OCC(=O)c1cccc(OC)c1. The summed E-state index contributed by atoms with van der Waals surface area (Å²) in [4.78, 5) is 23.0. The molecule has 0 aliphatic carbocycles. The molecule has 0 atom stereocenters. The number of rotatable bonds is 6. The molecule has 1 rings (SSSR count). The van der Waals surface area contributed by atoms with Crippen molar-refractivity contribution in [1.82, 2.24) is 0 Å². The van der Waals surface area contributed by atoms with Gasteiger partial charge in [0.2, 0.25) is 0 Å². The average molecular weight is 260 g/mol. The van der Waals surface area contributed by atoms with E-state index >= 15 is 0 Å². The molecular weight excluding hydrogens is 244 g/mol. The summed E-state index contributed by atoms with van der Waals surface area (Å²) >= 11 is 0. The number of hydrogen-bond donors (Lipinski definition) is 0. The van der Waals surface area contributed by atoms with Crippen LogP contribution in [0.4, 0.5) is 0 Å². The number of hydrogen-bond acceptors (Lipinski definition) is 4. The molecule has 0 aromatic heterocycles. The smallest absolute Gasteiger partial charge is 0.331 e. The van der Waals surface area contributed by atoms with E-state index in [-0.39, 0.29) is 12.4 Å². The van der Waals surface area contributed by atoms with Crippen molar-refractivity contribution in [3.8, 4) is 5.75 Å². The van der Waals surface area contributed by atoms with Gasteiger partial charge in [-0.15, -0.1) is 0 Å². The summed E-state index contributed by atoms with van der Waals surface area (Å²) in [7, 11) is 1.52. The molecule has 0 bridgehead atoms. The second-order valence-electron chi connectivity index (χ2n) is 3.65. The van der Waals surface area contributed by atoms with E-state index in [9.17, 15) is 9.59 Å². The number of carbonyl (C=O) groups excluding carboxylic acids is 2. The van der Waals surface area contributed by atoms with Crippen LogP contribution in [0.25, 0.3) is 0 Å². The fourth-order valence-corrected chi connectivity index (χ4v) is 1.31. The summed E-state index contributed by atoms with van der Waals surface area (Å²) < 4.78 is 9.85. The lowest BCUT2D eigenvalue weighted by molar-refractivity contribution is -0.136. The van der Waals surface area contributed by atoms with Crippen LogP contribution in [0, 0.1) is 0 Å². The minimum Gasteiger partial charge on any atom is -0.497 e. The number of ketones is 1. The highest BCUT2D eigenvalue weighted by atomic mass is 16.5. The zero-order chi connectivity index (χ0) is 14.1. The molecule has 0 unspecified atom stereocenters. The van der Waals surface area contributed by atoms with E-state index in [1.54, 1.807) is 42.5 Å². The number of benzene rings is 1. The normalized spacial score (nSPS) is 10.8. The molecule has 1 aromatic carbocycles. The standard InChI is InChI=1S/C15H16O4/c1-3-4-5-9-15(17)19-11-14(16)12-7-6-8-13(10-12)18-2/h3-10H,11H2,1-2H3. The summed E-state index contributed by atoms with van der Waals surface area (Å²) in [5.74, 6) is -0.230. The first kappa shape index (κ1) is 14.7. The number of methoxy groups -OCH3 is 1. The molecule has 1 aromatic rings. The van der Waals surface area contributed by atoms with Gasteiger partial charge in [0, 0.05) is 11.6 Å². The summed E-state index contributed by atoms with van der Waals surface area (Å²) in [6, 6.07) is 6.70. The van der Waals surface area contributed by atoms with Gasteiger partial charge >= 0.3 is 5.97 Å². The number of allylic oxidation sites excluding steroid dienone is 3. The predicted molar refractivity (Wildman–Crippen MR) is 72.2 cm³/mol. The Morgan fingerprint density at radius 2 is 2.05 bits per heavy atom. The maximum atomic E-state index is 11.8. The Labute approximate surface area is 112 Å². The molecule has 0 N–H and O–H groups in total. The second-order valence-corrected chi connectivity index (χ2v) is 3.65. The minimum absolute atomic E-state index is 0.272. The maximum Gasteiger partial charge on any atom is 0.331 e. The molecule has 0 heterocycles. The van der Waals surface area contributed by atoms with E-state index in [2.05, 4.69) is 0 Å². The van der Waals surface area contributed by atoms with Crippen molar-refractivity contribution in [2.45, 2.75) is 6.92 Å². The Kier molecular flexibility index (Phi) is 6.09. The zero-order valence-corrected chi connectivity index (χ0v) is 11.0. The highest BCUT2D eigenvalue weighted by Gasteiger charge is 2.09. The maximum absolute atomic E-state index is 11.8. The molecule has 0 aliphatic rings. The lowest BCUT2D eigenvalue weighted by atomic mass is 10.1. The van der Waals surface area contributed by atoms with Crippen molar-refractivity contribution in [3.63, 3.8) is 0 Å². The van der Waals surface area contributed by atoms with Crippen LogP contribution < -0.4 is 4.74 Å². The lowest BCUT2D eigenvalue weighted by Crippen LogP contribution is -2.12. The predicted octanol–water partition coefficient (Wildman–Crippen LogP) is 2.55. The fraction of sp³-hybridized carbons (Fsp3) is 0.200. The first-order valence-electron chi connectivity index (χ1n) is 5.80. The van der Waals surface area contributed by atoms with Gasteiger partial charge in [0.25, 0.3) is 0 Å². The van der Waals surface area contributed by atoms with Crippen LogP contribution in [0.2, 0.25) is 0 Å². The molecule has 0 spiro atoms. The second kappa shape index (κ2) is 7.87. The number of carbonyl (C=O) groups is 2.